The summed E-state index contributed by atoms with van der Waals surface area (Å²) in [4.78, 5) is 0. The van der Waals surface area contributed by atoms with E-state index in [1.165, 1.54) is 12.1 Å². The number of nitrogens with one attached hydrogen (secondary N) is 1. The Bertz CT molecular complexity index is 771. The largest absolute Gasteiger partial charge is 0.497 e. The molecule has 1 atom stereocenters. The van der Waals surface area contributed by atoms with Crippen molar-refractivity contribution >= 4 is 17.3 Å². The molecule has 0 aliphatic carbocycles. The van der Waals surface area contributed by atoms with Gasteiger partial charge in [0.05, 0.1) is 7.11 Å². The second kappa shape index (κ2) is 8.72. The number of hydrogen-bond donors (Lipinski definition) is 1. The molecule has 26 heavy (non-hydrogen) atoms. The Kier molecular flexibility index (Phi) is 6.13. The van der Waals surface area contributed by atoms with Crippen molar-refractivity contribution in [3.8, 4) is 5.75 Å². The van der Waals surface area contributed by atoms with Crippen molar-refractivity contribution in [1.82, 2.24) is 0 Å². The second-order valence-electron chi connectivity index (χ2n) is 6.10. The smallest absolute Gasteiger partial charge is 0.123 e. The number of benzene rings is 3. The zero-order valence-corrected chi connectivity index (χ0v) is 15.3. The normalized spacial score (nSPS) is 11.8. The lowest BCUT2D eigenvalue weighted by atomic mass is 9.88. The van der Waals surface area contributed by atoms with E-state index in [9.17, 15) is 4.39 Å². The van der Waals surface area contributed by atoms with Crippen LogP contribution in [-0.2, 0) is 0 Å². The third kappa shape index (κ3) is 4.77. The van der Waals surface area contributed by atoms with Crippen LogP contribution < -0.4 is 10.1 Å². The van der Waals surface area contributed by atoms with Crippen LogP contribution in [0.4, 0.5) is 10.1 Å². The molecule has 0 saturated carbocycles. The quantitative estimate of drug-likeness (QED) is 0.541. The zero-order valence-electron chi connectivity index (χ0n) is 14.6. The average Bonchev–Trinajstić information content (AvgIpc) is 2.68. The van der Waals surface area contributed by atoms with Crippen molar-refractivity contribution in [1.29, 1.82) is 0 Å². The minimum absolute atomic E-state index is 0.165. The maximum absolute atomic E-state index is 13.3. The molecule has 134 valence electrons. The molecule has 0 saturated heterocycles. The van der Waals surface area contributed by atoms with Crippen LogP contribution >= 0.6 is 11.6 Å². The van der Waals surface area contributed by atoms with Gasteiger partial charge in [0, 0.05) is 23.2 Å². The highest BCUT2D eigenvalue weighted by molar-refractivity contribution is 6.30. The fourth-order valence-electron chi connectivity index (χ4n) is 2.99. The maximum Gasteiger partial charge on any atom is 0.123 e. The predicted octanol–water partition coefficient (Wildman–Crippen LogP) is 6.12. The molecule has 0 unspecified atom stereocenters. The Hall–Kier alpha value is -2.52. The van der Waals surface area contributed by atoms with Crippen molar-refractivity contribution in [3.05, 3.63) is 94.8 Å². The lowest BCUT2D eigenvalue weighted by Gasteiger charge is -2.19. The summed E-state index contributed by atoms with van der Waals surface area (Å²) < 4.78 is 18.5. The van der Waals surface area contributed by atoms with Crippen LogP contribution in [-0.4, -0.2) is 13.7 Å². The molecule has 0 heterocycles. The van der Waals surface area contributed by atoms with Crippen LogP contribution in [0.5, 0.6) is 5.75 Å². The van der Waals surface area contributed by atoms with Gasteiger partial charge in [0.15, 0.2) is 0 Å². The molecule has 0 aliphatic rings. The maximum atomic E-state index is 13.3. The van der Waals surface area contributed by atoms with Gasteiger partial charge in [0.1, 0.15) is 11.6 Å². The first-order valence-corrected chi connectivity index (χ1v) is 8.92. The fourth-order valence-corrected chi connectivity index (χ4v) is 3.11. The Balaban J connectivity index is 1.72. The summed E-state index contributed by atoms with van der Waals surface area (Å²) >= 11 is 6.02. The van der Waals surface area contributed by atoms with Gasteiger partial charge in [-0.2, -0.15) is 0 Å². The monoisotopic (exact) mass is 369 g/mol. The van der Waals surface area contributed by atoms with Gasteiger partial charge < -0.3 is 10.1 Å². The lowest BCUT2D eigenvalue weighted by molar-refractivity contribution is 0.415. The molecule has 0 amide bonds. The molecule has 3 aromatic rings. The van der Waals surface area contributed by atoms with Crippen LogP contribution in [0.15, 0.2) is 72.8 Å². The van der Waals surface area contributed by atoms with Gasteiger partial charge in [-0.05, 0) is 66.1 Å². The van der Waals surface area contributed by atoms with Crippen molar-refractivity contribution < 1.29 is 9.13 Å². The minimum Gasteiger partial charge on any atom is -0.497 e. The highest BCUT2D eigenvalue weighted by Crippen LogP contribution is 2.29. The topological polar surface area (TPSA) is 21.3 Å². The van der Waals surface area contributed by atoms with E-state index in [0.29, 0.717) is 5.02 Å². The molecule has 0 aliphatic heterocycles. The number of ether oxygens (including phenoxy) is 1. The summed E-state index contributed by atoms with van der Waals surface area (Å²) in [5.74, 6) is 0.777. The highest BCUT2D eigenvalue weighted by Gasteiger charge is 2.14. The van der Waals surface area contributed by atoms with Crippen LogP contribution in [0.3, 0.4) is 0 Å². The first-order chi connectivity index (χ1) is 12.7. The van der Waals surface area contributed by atoms with E-state index in [1.807, 2.05) is 60.7 Å². The van der Waals surface area contributed by atoms with Gasteiger partial charge in [-0.3, -0.25) is 0 Å². The SMILES string of the molecule is COc1ccc(NCC[C@H](c2ccc(F)cc2)c2ccc(Cl)cc2)cc1. The van der Waals surface area contributed by atoms with E-state index in [-0.39, 0.29) is 11.7 Å². The standard InChI is InChI=1S/C22H21ClFNO/c1-26-21-12-10-20(11-13-21)25-15-14-22(16-2-6-18(23)7-3-16)17-4-8-19(24)9-5-17/h2-13,22,25H,14-15H2,1H3/t22-/m0/s1. The summed E-state index contributed by atoms with van der Waals surface area (Å²) in [7, 11) is 1.65. The summed E-state index contributed by atoms with van der Waals surface area (Å²) in [5, 5.41) is 4.14. The Labute approximate surface area is 158 Å². The first kappa shape index (κ1) is 18.3. The highest BCUT2D eigenvalue weighted by atomic mass is 35.5. The van der Waals surface area contributed by atoms with E-state index in [4.69, 9.17) is 16.3 Å². The van der Waals surface area contributed by atoms with E-state index in [2.05, 4.69) is 5.32 Å². The molecule has 0 spiro atoms. The molecule has 2 nitrogen and oxygen atoms in total. The van der Waals surface area contributed by atoms with Gasteiger partial charge in [0.2, 0.25) is 0 Å². The van der Waals surface area contributed by atoms with Gasteiger partial charge >= 0.3 is 0 Å². The molecule has 0 bridgehead atoms. The third-order valence-electron chi connectivity index (χ3n) is 4.40. The van der Waals surface area contributed by atoms with Gasteiger partial charge in [-0.1, -0.05) is 35.9 Å². The molecule has 0 radical (unpaired) electrons. The molecule has 0 aromatic heterocycles. The van der Waals surface area contributed by atoms with Crippen molar-refractivity contribution in [2.75, 3.05) is 19.0 Å². The minimum atomic E-state index is -0.222. The van der Waals surface area contributed by atoms with Crippen LogP contribution in [0.2, 0.25) is 5.02 Å². The summed E-state index contributed by atoms with van der Waals surface area (Å²) in [6.07, 6.45) is 0.874. The summed E-state index contributed by atoms with van der Waals surface area (Å²) in [5.41, 5.74) is 3.29. The van der Waals surface area contributed by atoms with E-state index in [0.717, 1.165) is 35.5 Å². The number of rotatable bonds is 7. The van der Waals surface area contributed by atoms with Crippen LogP contribution in [0, 0.1) is 5.82 Å². The molecule has 1 N–H and O–H groups in total. The Morgan fingerprint density at radius 2 is 1.46 bits per heavy atom. The van der Waals surface area contributed by atoms with E-state index in [1.54, 1.807) is 7.11 Å². The van der Waals surface area contributed by atoms with E-state index < -0.39 is 0 Å². The van der Waals surface area contributed by atoms with Gasteiger partial charge in [-0.25, -0.2) is 4.39 Å². The molecule has 0 fully saturated rings. The number of halogens is 2. The van der Waals surface area contributed by atoms with E-state index >= 15 is 0 Å². The molecule has 4 heteroatoms. The zero-order chi connectivity index (χ0) is 18.4. The lowest BCUT2D eigenvalue weighted by Crippen LogP contribution is -2.09. The summed E-state index contributed by atoms with van der Waals surface area (Å²) in [6, 6.07) is 22.4. The van der Waals surface area contributed by atoms with Crippen LogP contribution in [0.1, 0.15) is 23.5 Å². The fraction of sp³-hybridized carbons (Fsp3) is 0.182. The Morgan fingerprint density at radius 1 is 0.885 bits per heavy atom. The number of hydrogen-bond acceptors (Lipinski definition) is 2. The average molecular weight is 370 g/mol. The van der Waals surface area contributed by atoms with Crippen molar-refractivity contribution in [2.45, 2.75) is 12.3 Å². The second-order valence-corrected chi connectivity index (χ2v) is 6.54. The molecule has 3 aromatic carbocycles. The molecular formula is C22H21ClFNO. The molecular weight excluding hydrogens is 349 g/mol. The van der Waals surface area contributed by atoms with Gasteiger partial charge in [-0.15, -0.1) is 0 Å². The summed E-state index contributed by atoms with van der Waals surface area (Å²) in [6.45, 7) is 0.789. The third-order valence-corrected chi connectivity index (χ3v) is 4.65. The number of anilines is 1. The number of methoxy groups -OCH3 is 1. The van der Waals surface area contributed by atoms with Crippen molar-refractivity contribution in [3.63, 3.8) is 0 Å². The Morgan fingerprint density at radius 3 is 2.04 bits per heavy atom. The first-order valence-electron chi connectivity index (χ1n) is 8.54. The van der Waals surface area contributed by atoms with Gasteiger partial charge in [0.25, 0.3) is 0 Å². The molecule has 3 rings (SSSR count). The van der Waals surface area contributed by atoms with Crippen LogP contribution in [0.25, 0.3) is 0 Å². The predicted molar refractivity (Wildman–Crippen MR) is 106 cm³/mol. The van der Waals surface area contributed by atoms with Crippen molar-refractivity contribution in [2.24, 2.45) is 0 Å².